The first-order chi connectivity index (χ1) is 13.4. The molecule has 0 radical (unpaired) electrons. The number of nitrogens with one attached hydrogen (secondary N) is 1. The second-order valence-electron chi connectivity index (χ2n) is 5.69. The standard InChI is InChI=1S/C18H13BrFN5O3/c19-14-5-1-13(2-6-14)10-24-11-16(25(27)28)17(23-24)18(26)22-21-9-12-3-7-15(20)8-4-12/h1-9,11H,10H2,(H,22,26)/b21-9-. The minimum atomic E-state index is -0.820. The fraction of sp³-hybridized carbons (Fsp3) is 0.0556. The lowest BCUT2D eigenvalue weighted by Gasteiger charge is -2.01. The molecule has 3 rings (SSSR count). The first-order valence-electron chi connectivity index (χ1n) is 7.97. The molecule has 0 bridgehead atoms. The molecule has 1 amide bonds. The van der Waals surface area contributed by atoms with Crippen LogP contribution >= 0.6 is 15.9 Å². The van der Waals surface area contributed by atoms with Crippen molar-refractivity contribution in [3.63, 3.8) is 0 Å². The van der Waals surface area contributed by atoms with Crippen molar-refractivity contribution >= 4 is 33.7 Å². The summed E-state index contributed by atoms with van der Waals surface area (Å²) >= 11 is 3.33. The maximum Gasteiger partial charge on any atom is 0.320 e. The van der Waals surface area contributed by atoms with Gasteiger partial charge in [0.05, 0.1) is 17.7 Å². The molecular weight excluding hydrogens is 433 g/mol. The Balaban J connectivity index is 1.74. The molecule has 0 fully saturated rings. The van der Waals surface area contributed by atoms with Crippen molar-refractivity contribution in [1.29, 1.82) is 0 Å². The number of carbonyl (C=O) groups is 1. The molecule has 1 aromatic heterocycles. The van der Waals surface area contributed by atoms with Crippen LogP contribution in [-0.4, -0.2) is 26.8 Å². The molecule has 0 spiro atoms. The maximum absolute atomic E-state index is 12.9. The summed E-state index contributed by atoms with van der Waals surface area (Å²) < 4.78 is 15.1. The molecule has 3 aromatic rings. The summed E-state index contributed by atoms with van der Waals surface area (Å²) in [5.41, 5.74) is 2.83. The average molecular weight is 446 g/mol. The summed E-state index contributed by atoms with van der Waals surface area (Å²) in [6.07, 6.45) is 2.49. The minimum absolute atomic E-state index is 0.264. The van der Waals surface area contributed by atoms with Gasteiger partial charge in [0.15, 0.2) is 0 Å². The number of hydrazone groups is 1. The third-order valence-electron chi connectivity index (χ3n) is 3.66. The van der Waals surface area contributed by atoms with E-state index in [-0.39, 0.29) is 12.2 Å². The molecule has 1 heterocycles. The van der Waals surface area contributed by atoms with Crippen LogP contribution < -0.4 is 5.43 Å². The maximum atomic E-state index is 12.9. The van der Waals surface area contributed by atoms with Crippen LogP contribution in [0.2, 0.25) is 0 Å². The van der Waals surface area contributed by atoms with Gasteiger partial charge in [0.25, 0.3) is 5.91 Å². The fourth-order valence-corrected chi connectivity index (χ4v) is 2.60. The Morgan fingerprint density at radius 2 is 1.93 bits per heavy atom. The number of hydrogen-bond acceptors (Lipinski definition) is 5. The second kappa shape index (κ2) is 8.53. The number of carbonyl (C=O) groups excluding carboxylic acids is 1. The number of benzene rings is 2. The molecule has 0 aliphatic heterocycles. The number of amides is 1. The van der Waals surface area contributed by atoms with Gasteiger partial charge in [-0.05, 0) is 35.4 Å². The summed E-state index contributed by atoms with van der Waals surface area (Å²) in [7, 11) is 0. The number of nitrogens with zero attached hydrogens (tertiary/aromatic N) is 4. The third kappa shape index (κ3) is 4.86. The van der Waals surface area contributed by atoms with Crippen molar-refractivity contribution in [1.82, 2.24) is 15.2 Å². The highest BCUT2D eigenvalue weighted by atomic mass is 79.9. The topological polar surface area (TPSA) is 102 Å². The Morgan fingerprint density at radius 1 is 1.25 bits per heavy atom. The van der Waals surface area contributed by atoms with Crippen LogP contribution in [0.4, 0.5) is 10.1 Å². The summed E-state index contributed by atoms with van der Waals surface area (Å²) in [5, 5.41) is 19.0. The molecule has 28 heavy (non-hydrogen) atoms. The Kier molecular flexibility index (Phi) is 5.90. The van der Waals surface area contributed by atoms with Gasteiger partial charge in [0.1, 0.15) is 12.0 Å². The van der Waals surface area contributed by atoms with Gasteiger partial charge < -0.3 is 0 Å². The van der Waals surface area contributed by atoms with Gasteiger partial charge in [-0.3, -0.25) is 19.6 Å². The Hall–Kier alpha value is -3.40. The van der Waals surface area contributed by atoms with Crippen molar-refractivity contribution < 1.29 is 14.1 Å². The lowest BCUT2D eigenvalue weighted by Crippen LogP contribution is -2.19. The first-order valence-corrected chi connectivity index (χ1v) is 8.77. The van der Waals surface area contributed by atoms with Gasteiger partial charge in [-0.15, -0.1) is 0 Å². The number of hydrogen-bond donors (Lipinski definition) is 1. The average Bonchev–Trinajstić information content (AvgIpc) is 3.09. The van der Waals surface area contributed by atoms with Crippen LogP contribution in [0.3, 0.4) is 0 Å². The lowest BCUT2D eigenvalue weighted by atomic mass is 10.2. The zero-order chi connectivity index (χ0) is 20.1. The van der Waals surface area contributed by atoms with Gasteiger partial charge in [0, 0.05) is 4.47 Å². The van der Waals surface area contributed by atoms with Crippen LogP contribution in [0.15, 0.2) is 64.3 Å². The number of halogens is 2. The van der Waals surface area contributed by atoms with Crippen LogP contribution in [0, 0.1) is 15.9 Å². The van der Waals surface area contributed by atoms with Gasteiger partial charge >= 0.3 is 5.69 Å². The molecular formula is C18H13BrFN5O3. The van der Waals surface area contributed by atoms with Crippen molar-refractivity contribution in [2.24, 2.45) is 5.10 Å². The third-order valence-corrected chi connectivity index (χ3v) is 4.19. The van der Waals surface area contributed by atoms with E-state index in [1.165, 1.54) is 41.4 Å². The van der Waals surface area contributed by atoms with Gasteiger partial charge in [-0.2, -0.15) is 10.2 Å². The molecule has 10 heteroatoms. The van der Waals surface area contributed by atoms with E-state index in [0.29, 0.717) is 5.56 Å². The lowest BCUT2D eigenvalue weighted by molar-refractivity contribution is -0.385. The van der Waals surface area contributed by atoms with Crippen LogP contribution in [0.25, 0.3) is 0 Å². The molecule has 0 aliphatic carbocycles. The summed E-state index contributed by atoms with van der Waals surface area (Å²) in [5.74, 6) is -1.22. The van der Waals surface area contributed by atoms with E-state index in [1.807, 2.05) is 24.3 Å². The number of rotatable bonds is 6. The van der Waals surface area contributed by atoms with E-state index in [0.717, 1.165) is 10.0 Å². The second-order valence-corrected chi connectivity index (χ2v) is 6.61. The number of nitro groups is 1. The van der Waals surface area contributed by atoms with Gasteiger partial charge in [0.2, 0.25) is 5.69 Å². The predicted octanol–water partition coefficient (Wildman–Crippen LogP) is 3.51. The quantitative estimate of drug-likeness (QED) is 0.356. The molecule has 8 nitrogen and oxygen atoms in total. The normalized spacial score (nSPS) is 10.9. The Labute approximate surface area is 167 Å². The van der Waals surface area contributed by atoms with E-state index < -0.39 is 22.3 Å². The summed E-state index contributed by atoms with van der Waals surface area (Å²) in [6, 6.07) is 12.8. The first kappa shape index (κ1) is 19.4. The van der Waals surface area contributed by atoms with Gasteiger partial charge in [-0.25, -0.2) is 9.82 Å². The van der Waals surface area contributed by atoms with E-state index in [4.69, 9.17) is 0 Å². The predicted molar refractivity (Wildman–Crippen MR) is 104 cm³/mol. The van der Waals surface area contributed by atoms with E-state index in [2.05, 4.69) is 31.6 Å². The summed E-state index contributed by atoms with van der Waals surface area (Å²) in [6.45, 7) is 0.264. The molecule has 0 aliphatic rings. The highest BCUT2D eigenvalue weighted by molar-refractivity contribution is 9.10. The van der Waals surface area contributed by atoms with Crippen LogP contribution in [0.1, 0.15) is 21.6 Å². The largest absolute Gasteiger partial charge is 0.320 e. The minimum Gasteiger partial charge on any atom is -0.265 e. The van der Waals surface area contributed by atoms with Crippen molar-refractivity contribution in [3.05, 3.63) is 92.0 Å². The molecule has 142 valence electrons. The highest BCUT2D eigenvalue weighted by Crippen LogP contribution is 2.18. The van der Waals surface area contributed by atoms with Gasteiger partial charge in [-0.1, -0.05) is 40.2 Å². The van der Waals surface area contributed by atoms with Crippen molar-refractivity contribution in [3.8, 4) is 0 Å². The van der Waals surface area contributed by atoms with Crippen molar-refractivity contribution in [2.75, 3.05) is 0 Å². The van der Waals surface area contributed by atoms with E-state index >= 15 is 0 Å². The fourth-order valence-electron chi connectivity index (χ4n) is 2.33. The van der Waals surface area contributed by atoms with Crippen LogP contribution in [-0.2, 0) is 6.54 Å². The molecule has 0 unspecified atom stereocenters. The summed E-state index contributed by atoms with van der Waals surface area (Å²) in [4.78, 5) is 22.8. The van der Waals surface area contributed by atoms with Crippen LogP contribution in [0.5, 0.6) is 0 Å². The monoisotopic (exact) mass is 445 g/mol. The molecule has 2 aromatic carbocycles. The Morgan fingerprint density at radius 3 is 2.57 bits per heavy atom. The molecule has 0 saturated carbocycles. The number of aromatic nitrogens is 2. The van der Waals surface area contributed by atoms with E-state index in [9.17, 15) is 19.3 Å². The molecule has 1 N–H and O–H groups in total. The smallest absolute Gasteiger partial charge is 0.265 e. The van der Waals surface area contributed by atoms with E-state index in [1.54, 1.807) is 0 Å². The highest BCUT2D eigenvalue weighted by Gasteiger charge is 2.25. The zero-order valence-corrected chi connectivity index (χ0v) is 15.8. The Bertz CT molecular complexity index is 1030. The van der Waals surface area contributed by atoms with Crippen molar-refractivity contribution in [2.45, 2.75) is 6.54 Å². The molecule has 0 saturated heterocycles. The SMILES string of the molecule is O=C(N/N=C\c1ccc(F)cc1)c1nn(Cc2ccc(Br)cc2)cc1[N+](=O)[O-]. The zero-order valence-electron chi connectivity index (χ0n) is 14.3. The molecule has 0 atom stereocenters.